The van der Waals surface area contributed by atoms with Gasteiger partial charge in [-0.2, -0.15) is 13.2 Å². The van der Waals surface area contributed by atoms with Gasteiger partial charge < -0.3 is 9.47 Å². The van der Waals surface area contributed by atoms with E-state index in [1.54, 1.807) is 19.9 Å². The third-order valence-corrected chi connectivity index (χ3v) is 8.55. The lowest BCUT2D eigenvalue weighted by Crippen LogP contribution is -2.28. The van der Waals surface area contributed by atoms with E-state index in [-0.39, 0.29) is 22.4 Å². The number of carbonyl (C=O) groups excluding carboxylic acids is 1. The van der Waals surface area contributed by atoms with Crippen molar-refractivity contribution in [3.63, 3.8) is 0 Å². The van der Waals surface area contributed by atoms with Crippen molar-refractivity contribution in [2.24, 2.45) is 0 Å². The largest absolute Gasteiger partial charge is 0.479 e. The Morgan fingerprint density at radius 1 is 0.795 bits per heavy atom. The normalized spacial score (nSPS) is 11.9. The average molecular weight is 574 g/mol. The Morgan fingerprint density at radius 2 is 1.36 bits per heavy atom. The van der Waals surface area contributed by atoms with E-state index < -0.39 is 40.4 Å². The predicted molar refractivity (Wildman–Crippen MR) is 144 cm³/mol. The first kappa shape index (κ1) is 28.6. The number of ether oxygens (including phenoxy) is 2. The molecule has 0 aliphatic heterocycles. The quantitative estimate of drug-likeness (QED) is 0.0872. The number of carbonyl (C=O) groups is 1. The molecule has 0 aliphatic rings. The third kappa shape index (κ3) is 7.80. The Balaban J connectivity index is 1.43. The SMILES string of the molecule is CC(C)(OC(=O)COc1ccc([S+](c2ccccc2)c2ccccc2)cc1F)c1ccc(SC(F)(F)F)cc1. The van der Waals surface area contributed by atoms with Gasteiger partial charge in [0.2, 0.25) is 0 Å². The highest BCUT2D eigenvalue weighted by molar-refractivity contribution is 8.00. The third-order valence-electron chi connectivity index (χ3n) is 5.59. The summed E-state index contributed by atoms with van der Waals surface area (Å²) in [6, 6.07) is 29.9. The summed E-state index contributed by atoms with van der Waals surface area (Å²) >= 11 is -0.222. The molecule has 9 heteroatoms. The Morgan fingerprint density at radius 3 is 1.87 bits per heavy atom. The van der Waals surface area contributed by atoms with Crippen LogP contribution in [0.3, 0.4) is 0 Å². The van der Waals surface area contributed by atoms with Crippen LogP contribution in [0.15, 0.2) is 123 Å². The zero-order chi connectivity index (χ0) is 28.0. The average Bonchev–Trinajstić information content (AvgIpc) is 2.89. The van der Waals surface area contributed by atoms with Crippen LogP contribution in [0.5, 0.6) is 5.75 Å². The summed E-state index contributed by atoms with van der Waals surface area (Å²) in [7, 11) is -0.539. The molecule has 0 N–H and O–H groups in total. The second-order valence-corrected chi connectivity index (χ2v) is 12.0. The number of thioether (sulfide) groups is 1. The summed E-state index contributed by atoms with van der Waals surface area (Å²) < 4.78 is 63.7. The highest BCUT2D eigenvalue weighted by Crippen LogP contribution is 2.38. The summed E-state index contributed by atoms with van der Waals surface area (Å²) in [6.07, 6.45) is 0. The van der Waals surface area contributed by atoms with Gasteiger partial charge in [0, 0.05) is 11.0 Å². The molecule has 0 aliphatic carbocycles. The van der Waals surface area contributed by atoms with Gasteiger partial charge in [-0.1, -0.05) is 48.5 Å². The van der Waals surface area contributed by atoms with Crippen LogP contribution in [-0.2, 0) is 26.0 Å². The van der Waals surface area contributed by atoms with Crippen molar-refractivity contribution >= 4 is 28.6 Å². The van der Waals surface area contributed by atoms with Crippen molar-refractivity contribution in [1.29, 1.82) is 0 Å². The number of rotatable bonds is 9. The van der Waals surface area contributed by atoms with Gasteiger partial charge in [0.15, 0.2) is 32.9 Å². The number of halogens is 4. The highest BCUT2D eigenvalue weighted by Gasteiger charge is 2.31. The molecule has 0 heterocycles. The maximum Gasteiger partial charge on any atom is 0.446 e. The van der Waals surface area contributed by atoms with Gasteiger partial charge in [0.05, 0.1) is 10.9 Å². The number of benzene rings is 4. The van der Waals surface area contributed by atoms with E-state index in [2.05, 4.69) is 0 Å². The first-order valence-electron chi connectivity index (χ1n) is 11.9. The monoisotopic (exact) mass is 573 g/mol. The maximum absolute atomic E-state index is 15.1. The Labute approximate surface area is 231 Å². The van der Waals surface area contributed by atoms with E-state index in [9.17, 15) is 18.0 Å². The fourth-order valence-electron chi connectivity index (χ4n) is 3.81. The van der Waals surface area contributed by atoms with Gasteiger partial charge >= 0.3 is 11.5 Å². The lowest BCUT2D eigenvalue weighted by molar-refractivity contribution is -0.159. The van der Waals surface area contributed by atoms with Crippen molar-refractivity contribution in [3.8, 4) is 5.75 Å². The van der Waals surface area contributed by atoms with E-state index in [0.717, 1.165) is 14.7 Å². The molecule has 39 heavy (non-hydrogen) atoms. The zero-order valence-corrected chi connectivity index (χ0v) is 22.7. The van der Waals surface area contributed by atoms with E-state index in [1.807, 2.05) is 60.7 Å². The van der Waals surface area contributed by atoms with Crippen molar-refractivity contribution in [1.82, 2.24) is 0 Å². The Hall–Kier alpha value is -3.43. The molecule has 4 rings (SSSR count). The smallest absolute Gasteiger partial charge is 0.446 e. The number of hydrogen-bond acceptors (Lipinski definition) is 4. The topological polar surface area (TPSA) is 35.5 Å². The molecule has 0 radical (unpaired) electrons. The minimum Gasteiger partial charge on any atom is -0.479 e. The second-order valence-electron chi connectivity index (χ2n) is 8.87. The predicted octanol–water partition coefficient (Wildman–Crippen LogP) is 8.39. The van der Waals surface area contributed by atoms with Crippen LogP contribution in [0.25, 0.3) is 0 Å². The first-order chi connectivity index (χ1) is 18.5. The van der Waals surface area contributed by atoms with Crippen molar-refractivity contribution in [2.45, 2.75) is 44.5 Å². The minimum absolute atomic E-state index is 0.0259. The standard InChI is InChI=1S/C30H25F4O3S2/c1-29(2,21-13-15-22(16-14-21)38-30(32,33)34)37-28(35)20-36-27-18-17-25(19-26(27)31)39(23-9-5-3-6-10-23)24-11-7-4-8-12-24/h3-19H,20H2,1-2H3/q+1. The molecule has 202 valence electrons. The maximum atomic E-state index is 15.1. The molecule has 3 nitrogen and oxygen atoms in total. The molecular formula is C30H25F4O3S2+. The van der Waals surface area contributed by atoms with Crippen molar-refractivity contribution in [3.05, 3.63) is 115 Å². The van der Waals surface area contributed by atoms with E-state index >= 15 is 4.39 Å². The highest BCUT2D eigenvalue weighted by atomic mass is 32.2. The van der Waals surface area contributed by atoms with Gasteiger partial charge in [0.1, 0.15) is 5.60 Å². The van der Waals surface area contributed by atoms with Gasteiger partial charge in [-0.05, 0) is 79.7 Å². The molecule has 0 aromatic heterocycles. The Kier molecular flexibility index (Phi) is 8.92. The molecule has 0 unspecified atom stereocenters. The van der Waals surface area contributed by atoms with Gasteiger partial charge in [-0.15, -0.1) is 0 Å². The molecule has 0 spiro atoms. The van der Waals surface area contributed by atoms with Gasteiger partial charge in [0.25, 0.3) is 0 Å². The van der Waals surface area contributed by atoms with Crippen LogP contribution in [0.4, 0.5) is 17.6 Å². The van der Waals surface area contributed by atoms with E-state index in [1.165, 1.54) is 36.4 Å². The molecule has 0 fully saturated rings. The fraction of sp³-hybridized carbons (Fsp3) is 0.167. The second kappa shape index (κ2) is 12.2. The van der Waals surface area contributed by atoms with Crippen LogP contribution in [-0.4, -0.2) is 18.1 Å². The van der Waals surface area contributed by atoms with E-state index in [4.69, 9.17) is 9.47 Å². The number of esters is 1. The van der Waals surface area contributed by atoms with Gasteiger partial charge in [-0.3, -0.25) is 0 Å². The summed E-state index contributed by atoms with van der Waals surface area (Å²) in [5.74, 6) is -1.45. The van der Waals surface area contributed by atoms with Crippen molar-refractivity contribution in [2.75, 3.05) is 6.61 Å². The molecule has 4 aromatic carbocycles. The molecule has 0 saturated carbocycles. The van der Waals surface area contributed by atoms with Crippen LogP contribution in [0, 0.1) is 5.82 Å². The summed E-state index contributed by atoms with van der Waals surface area (Å²) in [4.78, 5) is 15.3. The number of alkyl halides is 3. The van der Waals surface area contributed by atoms with Crippen LogP contribution in [0.2, 0.25) is 0 Å². The summed E-state index contributed by atoms with van der Waals surface area (Å²) in [5, 5.41) is 0. The van der Waals surface area contributed by atoms with Gasteiger partial charge in [-0.25, -0.2) is 9.18 Å². The molecule has 4 aromatic rings. The summed E-state index contributed by atoms with van der Waals surface area (Å²) in [5.41, 5.74) is -5.02. The molecule has 0 amide bonds. The lowest BCUT2D eigenvalue weighted by Gasteiger charge is -2.26. The minimum atomic E-state index is -4.39. The van der Waals surface area contributed by atoms with Crippen molar-refractivity contribution < 1.29 is 31.8 Å². The Bertz CT molecular complexity index is 1350. The molecular weight excluding hydrogens is 548 g/mol. The van der Waals surface area contributed by atoms with Crippen LogP contribution >= 0.6 is 11.8 Å². The fourth-order valence-corrected chi connectivity index (χ4v) is 6.45. The van der Waals surface area contributed by atoms with E-state index in [0.29, 0.717) is 5.56 Å². The molecule has 0 atom stereocenters. The summed E-state index contributed by atoms with van der Waals surface area (Å²) in [6.45, 7) is 2.69. The molecule has 0 bridgehead atoms. The van der Waals surface area contributed by atoms with Crippen LogP contribution < -0.4 is 4.74 Å². The lowest BCUT2D eigenvalue weighted by atomic mass is 9.98. The first-order valence-corrected chi connectivity index (χ1v) is 13.9. The molecule has 0 saturated heterocycles. The number of hydrogen-bond donors (Lipinski definition) is 0. The zero-order valence-electron chi connectivity index (χ0n) is 21.1. The van der Waals surface area contributed by atoms with Crippen LogP contribution in [0.1, 0.15) is 19.4 Å².